The molecule has 1 unspecified atom stereocenters. The summed E-state index contributed by atoms with van der Waals surface area (Å²) in [6.07, 6.45) is 0. The Morgan fingerprint density at radius 2 is 1.94 bits per heavy atom. The van der Waals surface area contributed by atoms with Gasteiger partial charge in [-0.05, 0) is 31.2 Å². The maximum atomic E-state index is 12.0. The van der Waals surface area contributed by atoms with Gasteiger partial charge in [0.25, 0.3) is 0 Å². The van der Waals surface area contributed by atoms with Gasteiger partial charge in [-0.15, -0.1) is 0 Å². The number of carbonyl (C=O) groups is 1. The topological polar surface area (TPSA) is 55.6 Å². The molecule has 0 aliphatic heterocycles. The van der Waals surface area contributed by atoms with Gasteiger partial charge >= 0.3 is 0 Å². The highest BCUT2D eigenvalue weighted by Crippen LogP contribution is 2.19. The highest BCUT2D eigenvalue weighted by Gasteiger charge is 2.20. The lowest BCUT2D eigenvalue weighted by Crippen LogP contribution is -2.37. The number of nitrogens with two attached hydrogens (primary N) is 1. The van der Waals surface area contributed by atoms with E-state index in [9.17, 15) is 4.79 Å². The second-order valence-electron chi connectivity index (χ2n) is 3.72. The quantitative estimate of drug-likeness (QED) is 0.827. The molecule has 1 rings (SSSR count). The van der Waals surface area contributed by atoms with Gasteiger partial charge in [-0.1, -0.05) is 12.2 Å². The molecule has 0 spiro atoms. The third kappa shape index (κ3) is 3.17. The van der Waals surface area contributed by atoms with E-state index in [0.29, 0.717) is 0 Å². The van der Waals surface area contributed by atoms with Crippen LogP contribution in [0.4, 0.5) is 5.69 Å². The van der Waals surface area contributed by atoms with Gasteiger partial charge in [0.05, 0.1) is 18.0 Å². The van der Waals surface area contributed by atoms with Crippen LogP contribution in [0.15, 0.2) is 24.3 Å². The molecular weight excluding hydrogens is 236 g/mol. The normalized spacial score (nSPS) is 11.7. The minimum Gasteiger partial charge on any atom is -0.497 e. The average Bonchev–Trinajstić information content (AvgIpc) is 2.36. The van der Waals surface area contributed by atoms with Crippen LogP contribution in [0.2, 0.25) is 0 Å². The second kappa shape index (κ2) is 5.63. The first-order valence-electron chi connectivity index (χ1n) is 5.18. The number of methoxy groups -OCH3 is 1. The van der Waals surface area contributed by atoms with Crippen LogP contribution in [0, 0.1) is 5.92 Å². The van der Waals surface area contributed by atoms with Crippen LogP contribution in [0.1, 0.15) is 6.92 Å². The van der Waals surface area contributed by atoms with Gasteiger partial charge in [0.2, 0.25) is 5.91 Å². The van der Waals surface area contributed by atoms with Crippen molar-refractivity contribution in [3.63, 3.8) is 0 Å². The molecule has 4 nitrogen and oxygen atoms in total. The van der Waals surface area contributed by atoms with Gasteiger partial charge in [-0.25, -0.2) is 0 Å². The van der Waals surface area contributed by atoms with Crippen molar-refractivity contribution in [2.75, 3.05) is 19.1 Å². The Balaban J connectivity index is 2.84. The molecule has 0 saturated heterocycles. The van der Waals surface area contributed by atoms with E-state index in [-0.39, 0.29) is 10.9 Å². The van der Waals surface area contributed by atoms with Crippen molar-refractivity contribution in [2.24, 2.45) is 11.7 Å². The summed E-state index contributed by atoms with van der Waals surface area (Å²) in [4.78, 5) is 13.7. The standard InChI is InChI=1S/C12H16N2O2S/c1-8(11(13)17)12(15)14(2)9-4-6-10(16-3)7-5-9/h4-8H,1-3H3,(H2,13,17). The number of nitrogens with zero attached hydrogens (tertiary/aromatic N) is 1. The van der Waals surface area contributed by atoms with Crippen LogP contribution in [0.25, 0.3) is 0 Å². The molecule has 0 fully saturated rings. The molecule has 0 aliphatic carbocycles. The minimum absolute atomic E-state index is 0.123. The monoisotopic (exact) mass is 252 g/mol. The maximum Gasteiger partial charge on any atom is 0.236 e. The molecule has 0 saturated carbocycles. The molecule has 2 N–H and O–H groups in total. The Hall–Kier alpha value is -1.62. The first kappa shape index (κ1) is 13.4. The summed E-state index contributed by atoms with van der Waals surface area (Å²) in [6, 6.07) is 7.21. The number of amides is 1. The second-order valence-corrected chi connectivity index (χ2v) is 4.19. The number of ether oxygens (including phenoxy) is 1. The van der Waals surface area contributed by atoms with Gasteiger partial charge < -0.3 is 15.4 Å². The number of carbonyl (C=O) groups excluding carboxylic acids is 1. The van der Waals surface area contributed by atoms with Gasteiger partial charge in [0.1, 0.15) is 5.75 Å². The van der Waals surface area contributed by atoms with E-state index in [1.54, 1.807) is 33.2 Å². The minimum atomic E-state index is -0.461. The summed E-state index contributed by atoms with van der Waals surface area (Å²) in [5, 5.41) is 0. The van der Waals surface area contributed by atoms with E-state index in [1.807, 2.05) is 12.1 Å². The summed E-state index contributed by atoms with van der Waals surface area (Å²) >= 11 is 4.81. The number of hydrogen-bond acceptors (Lipinski definition) is 3. The van der Waals surface area contributed by atoms with Crippen molar-refractivity contribution in [3.8, 4) is 5.75 Å². The molecule has 0 aromatic heterocycles. The lowest BCUT2D eigenvalue weighted by Gasteiger charge is -2.21. The van der Waals surface area contributed by atoms with Crippen molar-refractivity contribution in [1.82, 2.24) is 0 Å². The van der Waals surface area contributed by atoms with Gasteiger partial charge in [-0.3, -0.25) is 4.79 Å². The first-order chi connectivity index (χ1) is 7.97. The predicted molar refractivity (Wildman–Crippen MR) is 72.4 cm³/mol. The molecule has 5 heteroatoms. The molecule has 1 amide bonds. The number of rotatable bonds is 4. The molecule has 0 radical (unpaired) electrons. The van der Waals surface area contributed by atoms with Crippen LogP contribution in [0.3, 0.4) is 0 Å². The zero-order chi connectivity index (χ0) is 13.0. The van der Waals surface area contributed by atoms with Gasteiger partial charge in [-0.2, -0.15) is 0 Å². The molecule has 92 valence electrons. The van der Waals surface area contributed by atoms with E-state index in [0.717, 1.165) is 11.4 Å². The van der Waals surface area contributed by atoms with E-state index >= 15 is 0 Å². The molecule has 17 heavy (non-hydrogen) atoms. The Morgan fingerprint density at radius 1 is 1.41 bits per heavy atom. The fourth-order valence-electron chi connectivity index (χ4n) is 1.35. The van der Waals surface area contributed by atoms with Crippen LogP contribution in [-0.4, -0.2) is 25.1 Å². The molecule has 1 atom stereocenters. The van der Waals surface area contributed by atoms with Gasteiger partial charge in [0, 0.05) is 12.7 Å². The fourth-order valence-corrected chi connectivity index (χ4v) is 1.45. The van der Waals surface area contributed by atoms with E-state index in [4.69, 9.17) is 22.7 Å². The van der Waals surface area contributed by atoms with Crippen molar-refractivity contribution < 1.29 is 9.53 Å². The van der Waals surface area contributed by atoms with Crippen LogP contribution >= 0.6 is 12.2 Å². The smallest absolute Gasteiger partial charge is 0.236 e. The summed E-state index contributed by atoms with van der Waals surface area (Å²) in [6.45, 7) is 1.70. The van der Waals surface area contributed by atoms with E-state index in [1.165, 1.54) is 4.90 Å². The van der Waals surface area contributed by atoms with Crippen LogP contribution in [-0.2, 0) is 4.79 Å². The maximum absolute atomic E-state index is 12.0. The van der Waals surface area contributed by atoms with Crippen molar-refractivity contribution in [3.05, 3.63) is 24.3 Å². The van der Waals surface area contributed by atoms with Crippen molar-refractivity contribution >= 4 is 28.8 Å². The number of hydrogen-bond donors (Lipinski definition) is 1. The largest absolute Gasteiger partial charge is 0.497 e. The Labute approximate surface area is 106 Å². The number of anilines is 1. The zero-order valence-electron chi connectivity index (χ0n) is 10.1. The fraction of sp³-hybridized carbons (Fsp3) is 0.333. The van der Waals surface area contributed by atoms with Crippen LogP contribution < -0.4 is 15.4 Å². The first-order valence-corrected chi connectivity index (χ1v) is 5.59. The lowest BCUT2D eigenvalue weighted by molar-refractivity contribution is -0.119. The molecule has 0 aliphatic rings. The SMILES string of the molecule is COc1ccc(N(C)C(=O)C(C)C(N)=S)cc1. The van der Waals surface area contributed by atoms with Gasteiger partial charge in [0.15, 0.2) is 0 Å². The molecule has 1 aromatic carbocycles. The third-order valence-electron chi connectivity index (χ3n) is 2.59. The Morgan fingerprint density at radius 3 is 2.35 bits per heavy atom. The van der Waals surface area contributed by atoms with E-state index < -0.39 is 5.92 Å². The Kier molecular flexibility index (Phi) is 4.45. The summed E-state index contributed by atoms with van der Waals surface area (Å²) < 4.78 is 5.05. The van der Waals surface area contributed by atoms with Crippen molar-refractivity contribution in [2.45, 2.75) is 6.92 Å². The van der Waals surface area contributed by atoms with E-state index in [2.05, 4.69) is 0 Å². The summed E-state index contributed by atoms with van der Waals surface area (Å²) in [5.74, 6) is 0.164. The molecule has 0 bridgehead atoms. The highest BCUT2D eigenvalue weighted by atomic mass is 32.1. The predicted octanol–water partition coefficient (Wildman–Crippen LogP) is 1.58. The van der Waals surface area contributed by atoms with Crippen molar-refractivity contribution in [1.29, 1.82) is 0 Å². The zero-order valence-corrected chi connectivity index (χ0v) is 11.0. The highest BCUT2D eigenvalue weighted by molar-refractivity contribution is 7.80. The summed E-state index contributed by atoms with van der Waals surface area (Å²) in [7, 11) is 3.29. The Bertz CT molecular complexity index is 417. The molecule has 1 aromatic rings. The average molecular weight is 252 g/mol. The third-order valence-corrected chi connectivity index (χ3v) is 2.94. The number of thiocarbonyl (C=S) groups is 1. The lowest BCUT2D eigenvalue weighted by atomic mass is 10.1. The number of benzene rings is 1. The molecular formula is C12H16N2O2S. The van der Waals surface area contributed by atoms with Crippen LogP contribution in [0.5, 0.6) is 5.75 Å². The molecule has 0 heterocycles. The summed E-state index contributed by atoms with van der Waals surface area (Å²) in [5.41, 5.74) is 6.24.